The second-order valence-corrected chi connectivity index (χ2v) is 8.26. The van der Waals surface area contributed by atoms with E-state index >= 15 is 0 Å². The molecule has 4 aromatic rings. The Bertz CT molecular complexity index is 1430. The zero-order valence-electron chi connectivity index (χ0n) is 20.2. The number of carbonyl (C=O) groups is 2. The maximum absolute atomic E-state index is 12.6. The van der Waals surface area contributed by atoms with Crippen LogP contribution in [0.2, 0.25) is 0 Å². The number of benzene rings is 3. The minimum atomic E-state index is -1.08. The van der Waals surface area contributed by atoms with E-state index in [2.05, 4.69) is 20.6 Å². The lowest BCUT2D eigenvalue weighted by Gasteiger charge is -2.17. The van der Waals surface area contributed by atoms with Gasteiger partial charge < -0.3 is 20.5 Å². The van der Waals surface area contributed by atoms with Crippen molar-refractivity contribution in [2.45, 2.75) is 13.0 Å². The van der Waals surface area contributed by atoms with Crippen LogP contribution in [0.25, 0.3) is 11.3 Å². The Morgan fingerprint density at radius 1 is 1.03 bits per heavy atom. The zero-order chi connectivity index (χ0) is 26.4. The maximum Gasteiger partial charge on any atom is 0.255 e. The summed E-state index contributed by atoms with van der Waals surface area (Å²) in [6.07, 6.45) is 3.23. The summed E-state index contributed by atoms with van der Waals surface area (Å²) in [5.41, 5.74) is 3.42. The Hall–Kier alpha value is -4.79. The highest BCUT2D eigenvalue weighted by atomic mass is 19.1. The van der Waals surface area contributed by atoms with Crippen LogP contribution in [0, 0.1) is 0 Å². The van der Waals surface area contributed by atoms with Crippen LogP contribution >= 0.6 is 0 Å². The van der Waals surface area contributed by atoms with Crippen molar-refractivity contribution in [3.8, 4) is 22.8 Å². The predicted octanol–water partition coefficient (Wildman–Crippen LogP) is 5.44. The molecule has 9 heteroatoms. The number of hydrogen-bond donors (Lipinski definition) is 3. The number of hydrogen-bond acceptors (Lipinski definition) is 7. The SMILES string of the molecule is COc1cc(-c2cncc(N[C@@H](C)c3cccc(NC(=O)c4ccc(C(=O)CF)cc4)c3)n2)ccc1O. The highest BCUT2D eigenvalue weighted by molar-refractivity contribution is 6.05. The number of nitrogens with one attached hydrogen (secondary N) is 2. The number of phenolic OH excluding ortho intramolecular Hbond substituents is 1. The fourth-order valence-electron chi connectivity index (χ4n) is 3.69. The Morgan fingerprint density at radius 3 is 2.51 bits per heavy atom. The topological polar surface area (TPSA) is 113 Å². The van der Waals surface area contributed by atoms with Gasteiger partial charge in [-0.15, -0.1) is 0 Å². The van der Waals surface area contributed by atoms with Crippen LogP contribution in [0.15, 0.2) is 79.1 Å². The Labute approximate surface area is 213 Å². The second kappa shape index (κ2) is 11.3. The van der Waals surface area contributed by atoms with E-state index in [1.54, 1.807) is 30.6 Å². The smallest absolute Gasteiger partial charge is 0.255 e. The average molecular weight is 501 g/mol. The van der Waals surface area contributed by atoms with E-state index in [0.717, 1.165) is 11.1 Å². The molecule has 0 aliphatic carbocycles. The first-order valence-corrected chi connectivity index (χ1v) is 11.4. The Kier molecular flexibility index (Phi) is 7.73. The van der Waals surface area contributed by atoms with E-state index in [0.29, 0.717) is 28.5 Å². The molecule has 0 unspecified atom stereocenters. The number of ketones is 1. The molecule has 0 spiro atoms. The third-order valence-electron chi connectivity index (χ3n) is 5.71. The molecule has 0 aliphatic rings. The van der Waals surface area contributed by atoms with Gasteiger partial charge in [0.2, 0.25) is 0 Å². The molecule has 1 heterocycles. The van der Waals surface area contributed by atoms with Gasteiger partial charge in [0.05, 0.1) is 31.2 Å². The molecule has 3 aromatic carbocycles. The molecule has 4 rings (SSSR count). The largest absolute Gasteiger partial charge is 0.504 e. The van der Waals surface area contributed by atoms with Gasteiger partial charge in [0.25, 0.3) is 5.91 Å². The monoisotopic (exact) mass is 500 g/mol. The summed E-state index contributed by atoms with van der Waals surface area (Å²) in [6.45, 7) is 0.880. The van der Waals surface area contributed by atoms with Crippen molar-refractivity contribution in [1.29, 1.82) is 0 Å². The van der Waals surface area contributed by atoms with Crippen LogP contribution in [0.1, 0.15) is 39.2 Å². The minimum absolute atomic E-state index is 0.0398. The number of nitrogens with zero attached hydrogens (tertiary/aromatic N) is 2. The lowest BCUT2D eigenvalue weighted by Crippen LogP contribution is -2.13. The quantitative estimate of drug-likeness (QED) is 0.262. The summed E-state index contributed by atoms with van der Waals surface area (Å²) in [6, 6.07) is 18.0. The molecule has 0 fully saturated rings. The van der Waals surface area contributed by atoms with Crippen LogP contribution in [-0.4, -0.2) is 40.5 Å². The summed E-state index contributed by atoms with van der Waals surface area (Å²) in [5, 5.41) is 16.0. The van der Waals surface area contributed by atoms with Crippen LogP contribution in [-0.2, 0) is 0 Å². The zero-order valence-corrected chi connectivity index (χ0v) is 20.2. The number of methoxy groups -OCH3 is 1. The van der Waals surface area contributed by atoms with Crippen LogP contribution < -0.4 is 15.4 Å². The molecular formula is C28H25FN4O4. The van der Waals surface area contributed by atoms with E-state index in [9.17, 15) is 19.1 Å². The summed E-state index contributed by atoms with van der Waals surface area (Å²) in [5.74, 6) is -0.0412. The Balaban J connectivity index is 1.45. The number of amides is 1. The third kappa shape index (κ3) is 6.07. The van der Waals surface area contributed by atoms with E-state index in [1.165, 1.54) is 37.4 Å². The molecule has 1 atom stereocenters. The van der Waals surface area contributed by atoms with Gasteiger partial charge in [0.15, 0.2) is 24.0 Å². The normalized spacial score (nSPS) is 11.4. The van der Waals surface area contributed by atoms with Gasteiger partial charge in [-0.3, -0.25) is 14.6 Å². The van der Waals surface area contributed by atoms with Crippen molar-refractivity contribution in [3.05, 3.63) is 95.8 Å². The standard InChI is InChI=1S/C28H25FN4O4/c1-17(31-27-16-30-15-23(33-27)21-10-11-24(34)26(13-21)37-2)20-4-3-5-22(12-20)32-28(36)19-8-6-18(7-9-19)25(35)14-29/h3-13,15-17,34H,14H2,1-2H3,(H,31,33)(H,32,36)/t17-/m0/s1. The minimum Gasteiger partial charge on any atom is -0.504 e. The molecular weight excluding hydrogens is 475 g/mol. The molecule has 0 saturated heterocycles. The van der Waals surface area contributed by atoms with Gasteiger partial charge in [-0.05, 0) is 55.0 Å². The molecule has 1 amide bonds. The third-order valence-corrected chi connectivity index (χ3v) is 5.71. The van der Waals surface area contributed by atoms with Crippen LogP contribution in [0.4, 0.5) is 15.9 Å². The van der Waals surface area contributed by atoms with E-state index in [-0.39, 0.29) is 23.3 Å². The first-order valence-electron chi connectivity index (χ1n) is 11.4. The van der Waals surface area contributed by atoms with Gasteiger partial charge in [-0.2, -0.15) is 0 Å². The lowest BCUT2D eigenvalue weighted by molar-refractivity contribution is 0.0957. The molecule has 0 aliphatic heterocycles. The first kappa shape index (κ1) is 25.3. The molecule has 0 radical (unpaired) electrons. The average Bonchev–Trinajstić information content (AvgIpc) is 2.93. The number of phenols is 1. The number of anilines is 2. The maximum atomic E-state index is 12.6. The number of halogens is 1. The summed E-state index contributed by atoms with van der Waals surface area (Å²) < 4.78 is 17.7. The van der Waals surface area contributed by atoms with E-state index in [4.69, 9.17) is 4.74 Å². The van der Waals surface area contributed by atoms with Crippen molar-refractivity contribution < 1.29 is 23.8 Å². The molecule has 0 bridgehead atoms. The fourth-order valence-corrected chi connectivity index (χ4v) is 3.69. The van der Waals surface area contributed by atoms with Crippen LogP contribution in [0.5, 0.6) is 11.5 Å². The number of ether oxygens (including phenoxy) is 1. The molecule has 3 N–H and O–H groups in total. The van der Waals surface area contributed by atoms with Crippen molar-refractivity contribution in [3.63, 3.8) is 0 Å². The number of aromatic hydroxyl groups is 1. The van der Waals surface area contributed by atoms with Gasteiger partial charge in [-0.1, -0.05) is 24.3 Å². The fraction of sp³-hybridized carbons (Fsp3) is 0.143. The second-order valence-electron chi connectivity index (χ2n) is 8.26. The van der Waals surface area contributed by atoms with Crippen molar-refractivity contribution in [2.75, 3.05) is 24.4 Å². The van der Waals surface area contributed by atoms with Crippen LogP contribution in [0.3, 0.4) is 0 Å². The Morgan fingerprint density at radius 2 is 1.78 bits per heavy atom. The molecule has 188 valence electrons. The van der Waals surface area contributed by atoms with E-state index in [1.807, 2.05) is 25.1 Å². The van der Waals surface area contributed by atoms with Gasteiger partial charge in [-0.25, -0.2) is 9.37 Å². The number of alkyl halides is 1. The van der Waals surface area contributed by atoms with Gasteiger partial charge in [0, 0.05) is 22.4 Å². The predicted molar refractivity (Wildman–Crippen MR) is 139 cm³/mol. The summed E-state index contributed by atoms with van der Waals surface area (Å²) in [7, 11) is 1.48. The summed E-state index contributed by atoms with van der Waals surface area (Å²) in [4.78, 5) is 33.0. The van der Waals surface area contributed by atoms with Crippen molar-refractivity contribution in [2.24, 2.45) is 0 Å². The molecule has 37 heavy (non-hydrogen) atoms. The first-order chi connectivity index (χ1) is 17.9. The van der Waals surface area contributed by atoms with E-state index < -0.39 is 12.5 Å². The van der Waals surface area contributed by atoms with Crippen molar-refractivity contribution >= 4 is 23.2 Å². The molecule has 8 nitrogen and oxygen atoms in total. The summed E-state index contributed by atoms with van der Waals surface area (Å²) >= 11 is 0. The van der Waals surface area contributed by atoms with Crippen molar-refractivity contribution in [1.82, 2.24) is 9.97 Å². The number of aromatic nitrogens is 2. The highest BCUT2D eigenvalue weighted by Crippen LogP contribution is 2.31. The van der Waals surface area contributed by atoms with Gasteiger partial charge in [0.1, 0.15) is 5.82 Å². The highest BCUT2D eigenvalue weighted by Gasteiger charge is 2.13. The number of Topliss-reactive ketones (excluding diaryl/α,β-unsaturated/α-hetero) is 1. The number of carbonyl (C=O) groups excluding carboxylic acids is 2. The lowest BCUT2D eigenvalue weighted by atomic mass is 10.1. The number of rotatable bonds is 9. The molecule has 1 aromatic heterocycles. The molecule has 0 saturated carbocycles. The van der Waals surface area contributed by atoms with Gasteiger partial charge >= 0.3 is 0 Å².